The van der Waals surface area contributed by atoms with Crippen LogP contribution >= 0.6 is 0 Å². The number of rotatable bonds is 12. The van der Waals surface area contributed by atoms with E-state index in [-0.39, 0.29) is 5.82 Å². The van der Waals surface area contributed by atoms with Crippen molar-refractivity contribution in [3.05, 3.63) is 18.2 Å². The average Bonchev–Trinajstić information content (AvgIpc) is 3.54. The van der Waals surface area contributed by atoms with Crippen molar-refractivity contribution < 1.29 is 20.1 Å². The Morgan fingerprint density at radius 1 is 1.06 bits per heavy atom. The lowest BCUT2D eigenvalue weighted by Gasteiger charge is -2.16. The number of aryl methyl sites for hydroxylation is 1. The Morgan fingerprint density at radius 2 is 1.79 bits per heavy atom. The van der Waals surface area contributed by atoms with Crippen LogP contribution in [-0.2, 0) is 11.2 Å². The highest BCUT2D eigenvalue weighted by Crippen LogP contribution is 2.33. The monoisotopic (exact) mass is 473 g/mol. The number of H-pyrrole nitrogens is 1. The third-order valence-corrected chi connectivity index (χ3v) is 6.48. The van der Waals surface area contributed by atoms with Crippen LogP contribution in [0.2, 0.25) is 0 Å². The number of nitrogen functional groups attached to an aromatic ring is 1. The van der Waals surface area contributed by atoms with Crippen LogP contribution in [0.15, 0.2) is 12.5 Å². The van der Waals surface area contributed by atoms with Crippen molar-refractivity contribution in [3.63, 3.8) is 0 Å². The van der Waals surface area contributed by atoms with Gasteiger partial charge in [-0.25, -0.2) is 15.0 Å². The van der Waals surface area contributed by atoms with Crippen molar-refractivity contribution in [2.45, 2.75) is 89.3 Å². The molecule has 0 aromatic carbocycles. The first kappa shape index (κ1) is 24.5. The maximum absolute atomic E-state index is 10.4. The second-order valence-electron chi connectivity index (χ2n) is 8.97. The number of nitrogens with one attached hydrogen (secondary N) is 1. The van der Waals surface area contributed by atoms with Crippen molar-refractivity contribution in [3.8, 4) is 11.4 Å². The van der Waals surface area contributed by atoms with E-state index < -0.39 is 31.1 Å². The molecule has 11 nitrogen and oxygen atoms in total. The molecule has 3 aromatic heterocycles. The molecule has 0 aliphatic carbocycles. The maximum Gasteiger partial charge on any atom is 0.168 e. The van der Waals surface area contributed by atoms with Crippen LogP contribution in [0.25, 0.3) is 22.6 Å². The Kier molecular flexibility index (Phi) is 8.09. The molecule has 0 unspecified atom stereocenters. The van der Waals surface area contributed by atoms with Crippen molar-refractivity contribution in [1.82, 2.24) is 29.7 Å². The van der Waals surface area contributed by atoms with Crippen molar-refractivity contribution in [2.24, 2.45) is 0 Å². The minimum atomic E-state index is -1.25. The summed E-state index contributed by atoms with van der Waals surface area (Å²) in [5.74, 6) is 0.603. The summed E-state index contributed by atoms with van der Waals surface area (Å²) >= 11 is 0. The normalized spacial score (nSPS) is 22.7. The van der Waals surface area contributed by atoms with Crippen molar-refractivity contribution >= 4 is 17.0 Å². The molecule has 6 N–H and O–H groups in total. The molecule has 1 saturated heterocycles. The fourth-order valence-corrected chi connectivity index (χ4v) is 4.49. The lowest BCUT2D eigenvalue weighted by Crippen LogP contribution is -2.33. The second kappa shape index (κ2) is 11.2. The summed E-state index contributed by atoms with van der Waals surface area (Å²) < 4.78 is 7.15. The van der Waals surface area contributed by atoms with E-state index in [0.717, 1.165) is 30.5 Å². The number of unbranched alkanes of at least 4 members (excludes halogenated alkanes) is 7. The highest BCUT2D eigenvalue weighted by Gasteiger charge is 2.44. The smallest absolute Gasteiger partial charge is 0.168 e. The molecular weight excluding hydrogens is 438 g/mol. The summed E-state index contributed by atoms with van der Waals surface area (Å²) in [6.45, 7) is 1.81. The van der Waals surface area contributed by atoms with Crippen molar-refractivity contribution in [1.29, 1.82) is 0 Å². The number of aliphatic hydroxyl groups excluding tert-OH is 3. The number of anilines is 1. The van der Waals surface area contributed by atoms with E-state index in [9.17, 15) is 15.3 Å². The zero-order valence-corrected chi connectivity index (χ0v) is 19.6. The zero-order valence-electron chi connectivity index (χ0n) is 19.6. The molecule has 4 atom stereocenters. The number of hydrogen-bond donors (Lipinski definition) is 5. The second-order valence-corrected chi connectivity index (χ2v) is 8.97. The number of nitrogens with zero attached hydrogens (tertiary/aromatic N) is 5. The van der Waals surface area contributed by atoms with Crippen LogP contribution < -0.4 is 5.73 Å². The number of fused-ring (bicyclic) bond motifs is 1. The number of aliphatic hydroxyl groups is 3. The molecule has 4 heterocycles. The summed E-state index contributed by atoms with van der Waals surface area (Å²) in [5.41, 5.74) is 8.64. The largest absolute Gasteiger partial charge is 0.394 e. The van der Waals surface area contributed by atoms with E-state index in [1.165, 1.54) is 49.4 Å². The fourth-order valence-electron chi connectivity index (χ4n) is 4.49. The van der Waals surface area contributed by atoms with Gasteiger partial charge in [-0.1, -0.05) is 51.9 Å². The van der Waals surface area contributed by atoms with Crippen molar-refractivity contribution in [2.75, 3.05) is 12.3 Å². The third kappa shape index (κ3) is 5.07. The molecule has 11 heteroatoms. The summed E-state index contributed by atoms with van der Waals surface area (Å²) in [5, 5.41) is 37.2. The van der Waals surface area contributed by atoms with E-state index in [4.69, 9.17) is 10.5 Å². The predicted molar refractivity (Wildman–Crippen MR) is 127 cm³/mol. The van der Waals surface area contributed by atoms with Crippen LogP contribution in [0.4, 0.5) is 5.82 Å². The minimum Gasteiger partial charge on any atom is -0.394 e. The number of ether oxygens (including phenoxy) is 1. The van der Waals surface area contributed by atoms with Gasteiger partial charge < -0.3 is 25.8 Å². The topological polar surface area (TPSA) is 168 Å². The van der Waals surface area contributed by atoms with Crippen LogP contribution in [0.5, 0.6) is 0 Å². The van der Waals surface area contributed by atoms with Crippen LogP contribution in [0.1, 0.15) is 70.2 Å². The lowest BCUT2D eigenvalue weighted by atomic mass is 10.1. The first-order valence-corrected chi connectivity index (χ1v) is 12.2. The number of imidazole rings is 1. The van der Waals surface area contributed by atoms with E-state index in [0.29, 0.717) is 17.0 Å². The summed E-state index contributed by atoms with van der Waals surface area (Å²) in [6, 6.07) is 0. The first-order valence-electron chi connectivity index (χ1n) is 12.2. The molecule has 0 spiro atoms. The van der Waals surface area contributed by atoms with Gasteiger partial charge in [0, 0.05) is 5.69 Å². The Morgan fingerprint density at radius 3 is 2.50 bits per heavy atom. The molecule has 0 radical (unpaired) electrons. The molecule has 1 aliphatic heterocycles. The standard InChI is InChI=1S/C23H35N7O4/c1-2-3-4-5-6-7-8-9-10-15-14(11-26-29-15)21-27-20(24)17-22(28-21)30(13-25-17)23-19(33)18(32)16(12-31)34-23/h11,13,16,18-19,23,31-33H,2-10,12H2,1H3,(H,26,29)(H2,24,27,28)/t16-,18-,19-,23-/m1/s1. The molecule has 1 fully saturated rings. The molecule has 0 bridgehead atoms. The van der Waals surface area contributed by atoms with Gasteiger partial charge in [0.1, 0.15) is 23.8 Å². The van der Waals surface area contributed by atoms with Gasteiger partial charge in [-0.05, 0) is 12.8 Å². The van der Waals surface area contributed by atoms with Gasteiger partial charge in [0.15, 0.2) is 23.5 Å². The van der Waals surface area contributed by atoms with Crippen LogP contribution in [-0.4, -0.2) is 70.0 Å². The number of aromatic amines is 1. The summed E-state index contributed by atoms with van der Waals surface area (Å²) in [4.78, 5) is 13.4. The fraction of sp³-hybridized carbons (Fsp3) is 0.652. The highest BCUT2D eigenvalue weighted by atomic mass is 16.6. The summed E-state index contributed by atoms with van der Waals surface area (Å²) in [7, 11) is 0. The van der Waals surface area contributed by atoms with Gasteiger partial charge in [0.2, 0.25) is 0 Å². The highest BCUT2D eigenvalue weighted by molar-refractivity contribution is 5.84. The Bertz CT molecular complexity index is 1070. The quantitative estimate of drug-likeness (QED) is 0.247. The van der Waals surface area contributed by atoms with Crippen LogP contribution in [0.3, 0.4) is 0 Å². The molecular formula is C23H35N7O4. The van der Waals surface area contributed by atoms with Gasteiger partial charge in [-0.3, -0.25) is 9.67 Å². The van der Waals surface area contributed by atoms with Gasteiger partial charge >= 0.3 is 0 Å². The Labute approximate surface area is 198 Å². The molecule has 1 aliphatic rings. The predicted octanol–water partition coefficient (Wildman–Crippen LogP) is 2.09. The number of aromatic nitrogens is 6. The SMILES string of the molecule is CCCCCCCCCCc1[nH]ncc1-c1nc(N)c2ncn([C@@H]3O[C@H](CO)[C@@H](O)[C@H]3O)c2n1. The van der Waals surface area contributed by atoms with E-state index >= 15 is 0 Å². The minimum absolute atomic E-state index is 0.199. The van der Waals surface area contributed by atoms with Gasteiger partial charge in [-0.2, -0.15) is 5.10 Å². The molecule has 0 amide bonds. The average molecular weight is 474 g/mol. The van der Waals surface area contributed by atoms with Gasteiger partial charge in [0.05, 0.1) is 24.7 Å². The maximum atomic E-state index is 10.4. The van der Waals surface area contributed by atoms with Crippen LogP contribution in [0, 0.1) is 0 Å². The molecule has 0 saturated carbocycles. The molecule has 3 aromatic rings. The van der Waals surface area contributed by atoms with E-state index in [2.05, 4.69) is 32.1 Å². The zero-order chi connectivity index (χ0) is 24.1. The Hall–Kier alpha value is -2.60. The first-order chi connectivity index (χ1) is 16.5. The lowest BCUT2D eigenvalue weighted by molar-refractivity contribution is -0.0511. The summed E-state index contributed by atoms with van der Waals surface area (Å²) in [6.07, 6.45) is 9.54. The van der Waals surface area contributed by atoms with Gasteiger partial charge in [-0.15, -0.1) is 0 Å². The number of hydrogen-bond acceptors (Lipinski definition) is 9. The molecule has 186 valence electrons. The Balaban J connectivity index is 1.48. The third-order valence-electron chi connectivity index (χ3n) is 6.48. The molecule has 4 rings (SSSR count). The molecule has 34 heavy (non-hydrogen) atoms. The number of nitrogens with two attached hydrogens (primary N) is 1. The van der Waals surface area contributed by atoms with Gasteiger partial charge in [0.25, 0.3) is 0 Å². The van der Waals surface area contributed by atoms with E-state index in [1.54, 1.807) is 6.20 Å². The van der Waals surface area contributed by atoms with E-state index in [1.807, 2.05) is 0 Å².